The van der Waals surface area contributed by atoms with E-state index in [2.05, 4.69) is 28.4 Å². The Morgan fingerprint density at radius 3 is 2.90 bits per heavy atom. The number of allylic oxidation sites excluding steroid dienone is 2. The third-order valence-corrected chi connectivity index (χ3v) is 5.64. The van der Waals surface area contributed by atoms with E-state index in [0.29, 0.717) is 17.6 Å². The number of rotatable bonds is 6. The third-order valence-electron chi connectivity index (χ3n) is 5.27. The molecule has 1 aliphatic heterocycles. The van der Waals surface area contributed by atoms with Crippen molar-refractivity contribution >= 4 is 23.0 Å². The van der Waals surface area contributed by atoms with E-state index in [1.807, 2.05) is 36.4 Å². The monoisotopic (exact) mass is 410 g/mol. The van der Waals surface area contributed by atoms with Gasteiger partial charge in [0.05, 0.1) is 7.11 Å². The van der Waals surface area contributed by atoms with Crippen molar-refractivity contribution in [1.29, 1.82) is 0 Å². The number of methoxy groups -OCH3 is 1. The number of benzene rings is 2. The molecule has 1 atom stereocenters. The van der Waals surface area contributed by atoms with Crippen molar-refractivity contribution in [2.75, 3.05) is 25.8 Å². The van der Waals surface area contributed by atoms with Crippen LogP contribution in [0.4, 0.5) is 5.69 Å². The van der Waals surface area contributed by atoms with E-state index < -0.39 is 0 Å². The number of nitrogens with zero attached hydrogens (tertiary/aromatic N) is 1. The summed E-state index contributed by atoms with van der Waals surface area (Å²) in [6.45, 7) is 1.91. The van der Waals surface area contributed by atoms with E-state index in [4.69, 9.17) is 26.4 Å². The van der Waals surface area contributed by atoms with Gasteiger partial charge in [-0.25, -0.2) is 0 Å². The second-order valence-electron chi connectivity index (χ2n) is 7.38. The first kappa shape index (κ1) is 19.6. The highest BCUT2D eigenvalue weighted by molar-refractivity contribution is 7.80. The van der Waals surface area contributed by atoms with Gasteiger partial charge in [-0.2, -0.15) is 0 Å². The van der Waals surface area contributed by atoms with Crippen molar-refractivity contribution in [3.05, 3.63) is 60.2 Å². The summed E-state index contributed by atoms with van der Waals surface area (Å²) in [5.74, 6) is 3.00. The van der Waals surface area contributed by atoms with Gasteiger partial charge in [-0.15, -0.1) is 0 Å². The van der Waals surface area contributed by atoms with E-state index >= 15 is 0 Å². The van der Waals surface area contributed by atoms with Gasteiger partial charge >= 0.3 is 0 Å². The maximum absolute atomic E-state index is 5.80. The van der Waals surface area contributed by atoms with Crippen LogP contribution in [0.25, 0.3) is 0 Å². The first-order valence-corrected chi connectivity index (χ1v) is 10.4. The van der Waals surface area contributed by atoms with Crippen LogP contribution in [0, 0.1) is 5.92 Å². The van der Waals surface area contributed by atoms with Crippen LogP contribution in [-0.2, 0) is 6.54 Å². The lowest BCUT2D eigenvalue weighted by atomic mass is 9.94. The molecule has 2 aromatic carbocycles. The topological polar surface area (TPSA) is 43.0 Å². The first-order chi connectivity index (χ1) is 14.2. The molecule has 0 spiro atoms. The summed E-state index contributed by atoms with van der Waals surface area (Å²) in [6.07, 6.45) is 7.98. The average Bonchev–Trinajstić information content (AvgIpc) is 3.22. The summed E-state index contributed by atoms with van der Waals surface area (Å²) in [5, 5.41) is 4.10. The summed E-state index contributed by atoms with van der Waals surface area (Å²) in [5.41, 5.74) is 2.07. The molecule has 0 amide bonds. The second-order valence-corrected chi connectivity index (χ2v) is 7.77. The van der Waals surface area contributed by atoms with Crippen molar-refractivity contribution in [3.63, 3.8) is 0 Å². The molecule has 2 aromatic rings. The van der Waals surface area contributed by atoms with Gasteiger partial charge in [-0.1, -0.05) is 24.3 Å². The molecule has 0 bridgehead atoms. The number of anilines is 1. The van der Waals surface area contributed by atoms with Crippen LogP contribution in [0.15, 0.2) is 54.6 Å². The van der Waals surface area contributed by atoms with Crippen LogP contribution in [-0.4, -0.2) is 30.5 Å². The van der Waals surface area contributed by atoms with Crippen LogP contribution < -0.4 is 19.5 Å². The molecule has 0 saturated heterocycles. The van der Waals surface area contributed by atoms with Crippen molar-refractivity contribution in [1.82, 2.24) is 4.90 Å². The zero-order valence-corrected chi connectivity index (χ0v) is 17.4. The maximum atomic E-state index is 5.80. The lowest BCUT2D eigenvalue weighted by Crippen LogP contribution is -2.38. The number of fused-ring (bicyclic) bond motifs is 1. The molecule has 29 heavy (non-hydrogen) atoms. The summed E-state index contributed by atoms with van der Waals surface area (Å²) < 4.78 is 16.3. The number of ether oxygens (including phenoxy) is 3. The molecule has 1 aliphatic carbocycles. The van der Waals surface area contributed by atoms with Crippen LogP contribution in [0.3, 0.4) is 0 Å². The van der Waals surface area contributed by atoms with Crippen LogP contribution in [0.5, 0.6) is 17.2 Å². The predicted molar refractivity (Wildman–Crippen MR) is 119 cm³/mol. The SMILES string of the molecule is COc1cccc(NC(=S)N(Cc2ccc3c(c2)OCO3)CC2CC=CCC2)c1. The largest absolute Gasteiger partial charge is 0.497 e. The minimum Gasteiger partial charge on any atom is -0.497 e. The molecule has 4 rings (SSSR count). The molecule has 0 saturated carbocycles. The Kier molecular flexibility index (Phi) is 6.20. The molecule has 1 N–H and O–H groups in total. The van der Waals surface area contributed by atoms with Gasteiger partial charge in [0.2, 0.25) is 6.79 Å². The van der Waals surface area contributed by atoms with E-state index in [9.17, 15) is 0 Å². The molecule has 152 valence electrons. The average molecular weight is 411 g/mol. The zero-order valence-electron chi connectivity index (χ0n) is 16.6. The molecular weight excluding hydrogens is 384 g/mol. The first-order valence-electron chi connectivity index (χ1n) is 9.95. The molecule has 0 fully saturated rings. The molecular formula is C23H26N2O3S. The van der Waals surface area contributed by atoms with Gasteiger partial charge < -0.3 is 24.4 Å². The van der Waals surface area contributed by atoms with E-state index in [1.54, 1.807) is 7.11 Å². The quantitative estimate of drug-likeness (QED) is 0.535. The lowest BCUT2D eigenvalue weighted by molar-refractivity contribution is 0.174. The van der Waals surface area contributed by atoms with Crippen molar-refractivity contribution in [2.24, 2.45) is 5.92 Å². The minimum absolute atomic E-state index is 0.284. The van der Waals surface area contributed by atoms with Crippen molar-refractivity contribution in [3.8, 4) is 17.2 Å². The highest BCUT2D eigenvalue weighted by atomic mass is 32.1. The summed E-state index contributed by atoms with van der Waals surface area (Å²) in [6, 6.07) is 13.9. The van der Waals surface area contributed by atoms with Gasteiger partial charge in [0, 0.05) is 24.8 Å². The lowest BCUT2D eigenvalue weighted by Gasteiger charge is -2.31. The van der Waals surface area contributed by atoms with Gasteiger partial charge in [-0.3, -0.25) is 0 Å². The Morgan fingerprint density at radius 1 is 1.17 bits per heavy atom. The fourth-order valence-corrected chi connectivity index (χ4v) is 3.97. The molecule has 0 radical (unpaired) electrons. The van der Waals surface area contributed by atoms with E-state index in [0.717, 1.165) is 47.9 Å². The van der Waals surface area contributed by atoms with E-state index in [-0.39, 0.29) is 6.79 Å². The summed E-state index contributed by atoms with van der Waals surface area (Å²) >= 11 is 5.80. The Bertz CT molecular complexity index is 899. The highest BCUT2D eigenvalue weighted by Gasteiger charge is 2.20. The van der Waals surface area contributed by atoms with Crippen molar-refractivity contribution in [2.45, 2.75) is 25.8 Å². The highest BCUT2D eigenvalue weighted by Crippen LogP contribution is 2.33. The molecule has 5 nitrogen and oxygen atoms in total. The van der Waals surface area contributed by atoms with Crippen molar-refractivity contribution < 1.29 is 14.2 Å². The van der Waals surface area contributed by atoms with Crippen LogP contribution in [0.2, 0.25) is 0 Å². The van der Waals surface area contributed by atoms with Gasteiger partial charge in [0.1, 0.15) is 5.75 Å². The standard InChI is InChI=1S/C23H26N2O3S/c1-26-20-9-5-8-19(13-20)24-23(29)25(14-17-6-3-2-4-7-17)15-18-10-11-21-22(12-18)28-16-27-21/h2-3,5,8-13,17H,4,6-7,14-16H2,1H3,(H,24,29). The Morgan fingerprint density at radius 2 is 2.07 bits per heavy atom. The maximum Gasteiger partial charge on any atom is 0.231 e. The van der Waals surface area contributed by atoms with Gasteiger partial charge in [-0.05, 0) is 67.2 Å². The molecule has 2 aliphatic rings. The van der Waals surface area contributed by atoms with E-state index in [1.165, 1.54) is 6.42 Å². The smallest absolute Gasteiger partial charge is 0.231 e. The minimum atomic E-state index is 0.284. The number of hydrogen-bond donors (Lipinski definition) is 1. The van der Waals surface area contributed by atoms with Crippen LogP contribution in [0.1, 0.15) is 24.8 Å². The predicted octanol–water partition coefficient (Wildman–Crippen LogP) is 4.98. The summed E-state index contributed by atoms with van der Waals surface area (Å²) in [4.78, 5) is 2.25. The number of thiocarbonyl (C=S) groups is 1. The third kappa shape index (κ3) is 5.01. The van der Waals surface area contributed by atoms with Crippen LogP contribution >= 0.6 is 12.2 Å². The fraction of sp³-hybridized carbons (Fsp3) is 0.348. The Balaban J connectivity index is 1.50. The second kappa shape index (κ2) is 9.18. The molecule has 6 heteroatoms. The Hall–Kier alpha value is -2.73. The molecule has 0 aromatic heterocycles. The number of hydrogen-bond acceptors (Lipinski definition) is 4. The van der Waals surface area contributed by atoms with Gasteiger partial charge in [0.25, 0.3) is 0 Å². The molecule has 1 unspecified atom stereocenters. The Labute approximate surface area is 177 Å². The fourth-order valence-electron chi connectivity index (χ4n) is 3.72. The molecule has 1 heterocycles. The zero-order chi connectivity index (χ0) is 20.1. The summed E-state index contributed by atoms with van der Waals surface area (Å²) in [7, 11) is 1.67. The van der Waals surface area contributed by atoms with Gasteiger partial charge in [0.15, 0.2) is 16.6 Å². The normalized spacial score (nSPS) is 17.1. The number of nitrogens with one attached hydrogen (secondary N) is 1.